The number of urea groups is 1. The van der Waals surface area contributed by atoms with E-state index in [-0.39, 0.29) is 11.8 Å². The number of nitrogens with zero attached hydrogens (tertiary/aromatic N) is 2. The number of pyridine rings is 1. The zero-order valence-electron chi connectivity index (χ0n) is 17.8. The molecule has 0 aliphatic carbocycles. The van der Waals surface area contributed by atoms with E-state index in [9.17, 15) is 14.7 Å². The molecule has 0 radical (unpaired) electrons. The molecule has 0 saturated carbocycles. The lowest BCUT2D eigenvalue weighted by Crippen LogP contribution is -2.55. The first-order valence-electron chi connectivity index (χ1n) is 10.5. The normalized spacial score (nSPS) is 21.5. The second-order valence-corrected chi connectivity index (χ2v) is 8.75. The fourth-order valence-corrected chi connectivity index (χ4v) is 4.06. The molecule has 1 atom stereocenters. The number of Topliss-reactive ketones (excluding diaryl/α,β-unsaturated/α-hetero) is 1. The maximum absolute atomic E-state index is 12.8. The first-order valence-corrected chi connectivity index (χ1v) is 10.5. The van der Waals surface area contributed by atoms with Crippen LogP contribution in [-0.2, 0) is 4.79 Å². The largest absolute Gasteiger partial charge is 0.478 e. The maximum Gasteiger partial charge on any atom is 0.321 e. The summed E-state index contributed by atoms with van der Waals surface area (Å²) in [6.45, 7) is 5.27. The van der Waals surface area contributed by atoms with Gasteiger partial charge in [-0.25, -0.2) is 4.79 Å². The number of hydrogen-bond acceptors (Lipinski definition) is 6. The molecule has 2 fully saturated rings. The maximum atomic E-state index is 12.8. The van der Waals surface area contributed by atoms with Crippen molar-refractivity contribution in [3.05, 3.63) is 54.4 Å². The van der Waals surface area contributed by atoms with Crippen molar-refractivity contribution in [2.24, 2.45) is 0 Å². The molecule has 2 aliphatic heterocycles. The number of anilines is 1. The van der Waals surface area contributed by atoms with Crippen LogP contribution in [0.3, 0.4) is 0 Å². The van der Waals surface area contributed by atoms with E-state index in [4.69, 9.17) is 4.74 Å². The summed E-state index contributed by atoms with van der Waals surface area (Å²) in [4.78, 5) is 31.1. The Bertz CT molecular complexity index is 928. The Morgan fingerprint density at radius 1 is 1.26 bits per heavy atom. The molecule has 8 nitrogen and oxygen atoms in total. The lowest BCUT2D eigenvalue weighted by molar-refractivity contribution is -0.149. The van der Waals surface area contributed by atoms with Crippen LogP contribution < -0.4 is 15.4 Å². The van der Waals surface area contributed by atoms with Crippen LogP contribution in [0.1, 0.15) is 31.7 Å². The van der Waals surface area contributed by atoms with Crippen molar-refractivity contribution < 1.29 is 19.4 Å². The summed E-state index contributed by atoms with van der Waals surface area (Å²) in [5, 5.41) is 16.2. The highest BCUT2D eigenvalue weighted by molar-refractivity contribution is 5.95. The second-order valence-electron chi connectivity index (χ2n) is 8.75. The highest BCUT2D eigenvalue weighted by Crippen LogP contribution is 2.30. The van der Waals surface area contributed by atoms with Crippen molar-refractivity contribution in [2.75, 3.05) is 31.5 Å². The van der Waals surface area contributed by atoms with Gasteiger partial charge >= 0.3 is 6.03 Å². The fraction of sp³-hybridized carbons (Fsp3) is 0.435. The Morgan fingerprint density at radius 3 is 2.58 bits per heavy atom. The predicted octanol–water partition coefficient (Wildman–Crippen LogP) is 2.16. The number of benzene rings is 1. The van der Waals surface area contributed by atoms with Gasteiger partial charge in [0.2, 0.25) is 5.78 Å². The third-order valence-corrected chi connectivity index (χ3v) is 5.83. The van der Waals surface area contributed by atoms with E-state index in [1.54, 1.807) is 35.4 Å². The molecule has 3 N–H and O–H groups in total. The van der Waals surface area contributed by atoms with Gasteiger partial charge in [-0.05, 0) is 56.3 Å². The van der Waals surface area contributed by atoms with Gasteiger partial charge in [0.05, 0.1) is 0 Å². The monoisotopic (exact) mass is 424 g/mol. The average Bonchev–Trinajstić information content (AvgIpc) is 3.17. The summed E-state index contributed by atoms with van der Waals surface area (Å²) < 4.78 is 6.05. The lowest BCUT2D eigenvalue weighted by atomic mass is 9.86. The van der Waals surface area contributed by atoms with Gasteiger partial charge in [-0.2, -0.15) is 0 Å². The van der Waals surface area contributed by atoms with Crippen LogP contribution in [0.4, 0.5) is 10.5 Å². The van der Waals surface area contributed by atoms with Crippen LogP contribution in [0.2, 0.25) is 0 Å². The van der Waals surface area contributed by atoms with Crippen LogP contribution >= 0.6 is 0 Å². The number of carbonyl (C=O) groups is 2. The quantitative estimate of drug-likeness (QED) is 0.657. The van der Waals surface area contributed by atoms with Crippen LogP contribution in [-0.4, -0.2) is 64.2 Å². The van der Waals surface area contributed by atoms with E-state index in [0.717, 1.165) is 5.56 Å². The Labute approximate surface area is 181 Å². The van der Waals surface area contributed by atoms with Crippen molar-refractivity contribution >= 4 is 17.5 Å². The van der Waals surface area contributed by atoms with Crippen LogP contribution in [0, 0.1) is 0 Å². The zero-order chi connectivity index (χ0) is 22.1. The van der Waals surface area contributed by atoms with E-state index in [2.05, 4.69) is 15.6 Å². The molecule has 31 heavy (non-hydrogen) atoms. The van der Waals surface area contributed by atoms with Crippen molar-refractivity contribution in [1.82, 2.24) is 15.2 Å². The van der Waals surface area contributed by atoms with Crippen molar-refractivity contribution in [1.29, 1.82) is 0 Å². The number of ether oxygens (including phenoxy) is 1. The van der Waals surface area contributed by atoms with Gasteiger partial charge < -0.3 is 25.4 Å². The van der Waals surface area contributed by atoms with Crippen LogP contribution in [0.5, 0.6) is 5.75 Å². The molecule has 8 heteroatoms. The Morgan fingerprint density at radius 2 is 2.00 bits per heavy atom. The first kappa shape index (κ1) is 21.3. The predicted molar refractivity (Wildman–Crippen MR) is 116 cm³/mol. The van der Waals surface area contributed by atoms with Gasteiger partial charge in [0.25, 0.3) is 0 Å². The molecule has 1 aromatic carbocycles. The first-order chi connectivity index (χ1) is 14.8. The molecule has 1 aromatic heterocycles. The molecule has 4 rings (SSSR count). The van der Waals surface area contributed by atoms with E-state index < -0.39 is 11.2 Å². The minimum Gasteiger partial charge on any atom is -0.478 e. The third kappa shape index (κ3) is 4.55. The molecule has 0 bridgehead atoms. The standard InChI is InChI=1S/C23H28N4O4/c1-22(2,30)20(28)23(9-11-25-15-23)31-19-7-5-18(6-8-19)26-21(29)27-13-17(14-27)16-4-3-10-24-12-16/h3-8,10,12,17,25,30H,9,11,13-15H2,1-2H3,(H,26,29)/t23-/m0/s1. The highest BCUT2D eigenvalue weighted by atomic mass is 16.5. The summed E-state index contributed by atoms with van der Waals surface area (Å²) in [6, 6.07) is 10.7. The van der Waals surface area contributed by atoms with Gasteiger partial charge in [0.1, 0.15) is 11.4 Å². The number of amides is 2. The van der Waals surface area contributed by atoms with Gasteiger partial charge in [0, 0.05) is 50.1 Å². The number of aliphatic hydroxyl groups is 1. The molecular formula is C23H28N4O4. The van der Waals surface area contributed by atoms with Crippen LogP contribution in [0.15, 0.2) is 48.8 Å². The average molecular weight is 425 g/mol. The van der Waals surface area contributed by atoms with Gasteiger partial charge in [0.15, 0.2) is 5.60 Å². The SMILES string of the molecule is CC(C)(O)C(=O)[C@]1(Oc2ccc(NC(=O)N3CC(c4cccnc4)C3)cc2)CCNC1. The Kier molecular flexibility index (Phi) is 5.68. The number of carbonyl (C=O) groups excluding carboxylic acids is 2. The van der Waals surface area contributed by atoms with E-state index in [1.807, 2.05) is 18.3 Å². The van der Waals surface area contributed by atoms with E-state index in [0.29, 0.717) is 50.0 Å². The Balaban J connectivity index is 1.34. The summed E-state index contributed by atoms with van der Waals surface area (Å²) in [5.74, 6) is 0.489. The zero-order valence-corrected chi connectivity index (χ0v) is 17.8. The number of likely N-dealkylation sites (tertiary alicyclic amines) is 1. The summed E-state index contributed by atoms with van der Waals surface area (Å²) in [6.07, 6.45) is 4.07. The molecule has 2 aromatic rings. The van der Waals surface area contributed by atoms with E-state index >= 15 is 0 Å². The van der Waals surface area contributed by atoms with Crippen molar-refractivity contribution in [3.8, 4) is 5.75 Å². The molecule has 0 unspecified atom stereocenters. The third-order valence-electron chi connectivity index (χ3n) is 5.83. The van der Waals surface area contributed by atoms with Gasteiger partial charge in [-0.1, -0.05) is 6.07 Å². The fourth-order valence-electron chi connectivity index (χ4n) is 4.06. The lowest BCUT2D eigenvalue weighted by Gasteiger charge is -2.39. The molecule has 3 heterocycles. The van der Waals surface area contributed by atoms with Gasteiger partial charge in [-0.15, -0.1) is 0 Å². The molecule has 0 spiro atoms. The van der Waals surface area contributed by atoms with Crippen molar-refractivity contribution in [3.63, 3.8) is 0 Å². The van der Waals surface area contributed by atoms with Crippen molar-refractivity contribution in [2.45, 2.75) is 37.4 Å². The summed E-state index contributed by atoms with van der Waals surface area (Å²) in [5.41, 5.74) is -0.786. The van der Waals surface area contributed by atoms with E-state index in [1.165, 1.54) is 13.8 Å². The summed E-state index contributed by atoms with van der Waals surface area (Å²) in [7, 11) is 0. The topological polar surface area (TPSA) is 104 Å². The Hall–Kier alpha value is -2.97. The molecule has 2 aliphatic rings. The van der Waals surface area contributed by atoms with Gasteiger partial charge in [-0.3, -0.25) is 9.78 Å². The number of rotatable bonds is 6. The number of nitrogens with one attached hydrogen (secondary N) is 2. The molecular weight excluding hydrogens is 396 g/mol. The molecule has 164 valence electrons. The van der Waals surface area contributed by atoms with Crippen LogP contribution in [0.25, 0.3) is 0 Å². The minimum atomic E-state index is -1.48. The number of aromatic nitrogens is 1. The molecule has 2 amide bonds. The molecule has 2 saturated heterocycles. The smallest absolute Gasteiger partial charge is 0.321 e. The highest BCUT2D eigenvalue weighted by Gasteiger charge is 2.49. The minimum absolute atomic E-state index is 0.150. The summed E-state index contributed by atoms with van der Waals surface area (Å²) >= 11 is 0. The second kappa shape index (κ2) is 8.28. The number of hydrogen-bond donors (Lipinski definition) is 3. The number of ketones is 1.